The molecule has 0 spiro atoms. The number of aryl methyl sites for hydroxylation is 1. The number of rotatable bonds is 6. The minimum absolute atomic E-state index is 0.00302. The summed E-state index contributed by atoms with van der Waals surface area (Å²) < 4.78 is 2.15. The molecule has 1 aliphatic heterocycles. The predicted octanol–water partition coefficient (Wildman–Crippen LogP) is 3.31. The summed E-state index contributed by atoms with van der Waals surface area (Å²) in [4.78, 5) is 35.2. The van der Waals surface area contributed by atoms with Crippen LogP contribution in [0.5, 0.6) is 0 Å². The molecule has 2 aromatic heterocycles. The molecule has 29 heavy (non-hydrogen) atoms. The number of aromatic nitrogens is 2. The number of hydrogen-bond acceptors (Lipinski definition) is 4. The Labute approximate surface area is 174 Å². The second-order valence-corrected chi connectivity index (χ2v) is 8.49. The molecule has 0 N–H and O–H groups in total. The number of carbonyl (C=O) groups is 2. The molecule has 6 nitrogen and oxygen atoms in total. The summed E-state index contributed by atoms with van der Waals surface area (Å²) in [7, 11) is 1.81. The predicted molar refractivity (Wildman–Crippen MR) is 115 cm³/mol. The number of imidazole rings is 1. The Balaban J connectivity index is 1.48. The normalized spacial score (nSPS) is 16.5. The van der Waals surface area contributed by atoms with Gasteiger partial charge in [0.05, 0.1) is 24.0 Å². The van der Waals surface area contributed by atoms with Gasteiger partial charge in [-0.2, -0.15) is 0 Å². The molecule has 1 atom stereocenters. The molecule has 3 heterocycles. The zero-order chi connectivity index (χ0) is 20.4. The fraction of sp³-hybridized carbons (Fsp3) is 0.409. The first-order chi connectivity index (χ1) is 14.1. The van der Waals surface area contributed by atoms with Gasteiger partial charge in [-0.1, -0.05) is 18.2 Å². The molecular weight excluding hydrogens is 384 g/mol. The molecule has 1 fully saturated rings. The summed E-state index contributed by atoms with van der Waals surface area (Å²) in [6, 6.07) is 11.6. The van der Waals surface area contributed by atoms with Gasteiger partial charge in [0.15, 0.2) is 0 Å². The average Bonchev–Trinajstić information content (AvgIpc) is 3.46. The number of para-hydroxylation sites is 2. The Hall–Kier alpha value is -2.67. The van der Waals surface area contributed by atoms with Crippen molar-refractivity contribution in [1.29, 1.82) is 0 Å². The van der Waals surface area contributed by atoms with Crippen LogP contribution < -0.4 is 0 Å². The lowest BCUT2D eigenvalue weighted by molar-refractivity contribution is -0.143. The van der Waals surface area contributed by atoms with Gasteiger partial charge >= 0.3 is 0 Å². The summed E-state index contributed by atoms with van der Waals surface area (Å²) >= 11 is 1.58. The van der Waals surface area contributed by atoms with E-state index >= 15 is 0 Å². The number of benzene rings is 1. The van der Waals surface area contributed by atoms with Crippen LogP contribution in [0.15, 0.2) is 41.8 Å². The lowest BCUT2D eigenvalue weighted by Gasteiger charge is -2.28. The zero-order valence-corrected chi connectivity index (χ0v) is 17.7. The van der Waals surface area contributed by atoms with Gasteiger partial charge in [0.25, 0.3) is 0 Å². The highest BCUT2D eigenvalue weighted by Crippen LogP contribution is 2.23. The largest absolute Gasteiger partial charge is 0.336 e. The summed E-state index contributed by atoms with van der Waals surface area (Å²) in [5, 5.41) is 1.98. The lowest BCUT2D eigenvalue weighted by Crippen LogP contribution is -2.47. The molecule has 2 amide bonds. The number of carbonyl (C=O) groups excluding carboxylic acids is 2. The molecule has 0 saturated carbocycles. The zero-order valence-electron chi connectivity index (χ0n) is 16.9. The first-order valence-electron chi connectivity index (χ1n) is 10.1. The van der Waals surface area contributed by atoms with Gasteiger partial charge in [0.1, 0.15) is 11.9 Å². The van der Waals surface area contributed by atoms with Crippen molar-refractivity contribution in [3.05, 3.63) is 52.5 Å². The second kappa shape index (κ2) is 8.37. The highest BCUT2D eigenvalue weighted by Gasteiger charge is 2.35. The molecular formula is C22H26N4O2S. The first kappa shape index (κ1) is 19.6. The Morgan fingerprint density at radius 2 is 2.07 bits per heavy atom. The lowest BCUT2D eigenvalue weighted by atomic mass is 10.2. The van der Waals surface area contributed by atoms with Gasteiger partial charge in [-0.25, -0.2) is 4.98 Å². The maximum absolute atomic E-state index is 13.2. The summed E-state index contributed by atoms with van der Waals surface area (Å²) in [6.07, 6.45) is 1.97. The van der Waals surface area contributed by atoms with Crippen LogP contribution in [0.3, 0.4) is 0 Å². The topological polar surface area (TPSA) is 58.4 Å². The van der Waals surface area contributed by atoms with Crippen LogP contribution in [-0.4, -0.2) is 50.8 Å². The molecule has 3 aromatic rings. The van der Waals surface area contributed by atoms with Gasteiger partial charge in [0.2, 0.25) is 11.8 Å². The van der Waals surface area contributed by atoms with Crippen LogP contribution in [0.25, 0.3) is 11.0 Å². The third-order valence-electron chi connectivity index (χ3n) is 5.57. The fourth-order valence-electron chi connectivity index (χ4n) is 4.13. The van der Waals surface area contributed by atoms with Gasteiger partial charge < -0.3 is 14.4 Å². The standard InChI is InChI=1S/C22H26N4O2S/c1-3-25-18-10-5-4-9-17(18)23-20(25)15-24(2)22(28)19-11-6-12-26(19)21(27)14-16-8-7-13-29-16/h4-5,7-10,13,19H,3,6,11-12,14-15H2,1-2H3. The number of thiophene rings is 1. The third kappa shape index (κ3) is 3.92. The van der Waals surface area contributed by atoms with E-state index in [9.17, 15) is 9.59 Å². The van der Waals surface area contributed by atoms with E-state index in [1.165, 1.54) is 0 Å². The Morgan fingerprint density at radius 3 is 2.83 bits per heavy atom. The molecule has 1 aliphatic rings. The molecule has 0 radical (unpaired) electrons. The van der Waals surface area contributed by atoms with E-state index in [-0.39, 0.29) is 17.9 Å². The molecule has 7 heteroatoms. The van der Waals surface area contributed by atoms with E-state index in [0.717, 1.165) is 41.1 Å². The van der Waals surface area contributed by atoms with Crippen molar-refractivity contribution in [3.8, 4) is 0 Å². The SMILES string of the molecule is CCn1c(CN(C)C(=O)C2CCCN2C(=O)Cc2cccs2)nc2ccccc21. The number of hydrogen-bond donors (Lipinski definition) is 0. The van der Waals surface area contributed by atoms with Gasteiger partial charge in [0, 0.05) is 25.0 Å². The van der Waals surface area contributed by atoms with E-state index in [1.807, 2.05) is 42.8 Å². The van der Waals surface area contributed by atoms with Crippen molar-refractivity contribution in [3.63, 3.8) is 0 Å². The highest BCUT2D eigenvalue weighted by molar-refractivity contribution is 7.10. The second-order valence-electron chi connectivity index (χ2n) is 7.46. The van der Waals surface area contributed by atoms with Crippen molar-refractivity contribution in [2.75, 3.05) is 13.6 Å². The smallest absolute Gasteiger partial charge is 0.245 e. The Morgan fingerprint density at radius 1 is 1.24 bits per heavy atom. The summed E-state index contributed by atoms with van der Waals surface area (Å²) in [5.41, 5.74) is 2.03. The average molecular weight is 411 g/mol. The maximum atomic E-state index is 13.2. The van der Waals surface area contributed by atoms with E-state index in [1.54, 1.807) is 21.1 Å². The van der Waals surface area contributed by atoms with Crippen molar-refractivity contribution in [1.82, 2.24) is 19.4 Å². The van der Waals surface area contributed by atoms with E-state index in [4.69, 9.17) is 4.98 Å². The Bertz CT molecular complexity index is 1010. The monoisotopic (exact) mass is 410 g/mol. The number of fused-ring (bicyclic) bond motifs is 1. The molecule has 0 bridgehead atoms. The van der Waals surface area contributed by atoms with Crippen LogP contribution in [0.2, 0.25) is 0 Å². The summed E-state index contributed by atoms with van der Waals surface area (Å²) in [5.74, 6) is 0.910. The number of nitrogens with zero attached hydrogens (tertiary/aromatic N) is 4. The fourth-order valence-corrected chi connectivity index (χ4v) is 4.82. The van der Waals surface area contributed by atoms with Crippen LogP contribution in [0.1, 0.15) is 30.5 Å². The Kier molecular flexibility index (Phi) is 5.67. The maximum Gasteiger partial charge on any atom is 0.245 e. The molecule has 4 rings (SSSR count). The van der Waals surface area contributed by atoms with Crippen LogP contribution in [0, 0.1) is 0 Å². The molecule has 1 unspecified atom stereocenters. The molecule has 152 valence electrons. The minimum Gasteiger partial charge on any atom is -0.336 e. The molecule has 0 aliphatic carbocycles. The van der Waals surface area contributed by atoms with Gasteiger partial charge in [-0.15, -0.1) is 11.3 Å². The van der Waals surface area contributed by atoms with Crippen molar-refractivity contribution in [2.45, 2.75) is 45.3 Å². The van der Waals surface area contributed by atoms with E-state index in [2.05, 4.69) is 17.6 Å². The van der Waals surface area contributed by atoms with Crippen molar-refractivity contribution >= 4 is 34.2 Å². The van der Waals surface area contributed by atoms with Crippen molar-refractivity contribution in [2.24, 2.45) is 0 Å². The number of amides is 2. The number of likely N-dealkylation sites (tertiary alicyclic amines) is 1. The van der Waals surface area contributed by atoms with E-state index in [0.29, 0.717) is 19.5 Å². The number of likely N-dealkylation sites (N-methyl/N-ethyl adjacent to an activating group) is 1. The van der Waals surface area contributed by atoms with Gasteiger partial charge in [-0.05, 0) is 43.3 Å². The summed E-state index contributed by atoms with van der Waals surface area (Å²) in [6.45, 7) is 3.97. The molecule has 1 aromatic carbocycles. The third-order valence-corrected chi connectivity index (χ3v) is 6.44. The van der Waals surface area contributed by atoms with Gasteiger partial charge in [-0.3, -0.25) is 9.59 Å². The first-order valence-corrected chi connectivity index (χ1v) is 11.0. The highest BCUT2D eigenvalue weighted by atomic mass is 32.1. The van der Waals surface area contributed by atoms with Crippen LogP contribution in [0.4, 0.5) is 0 Å². The van der Waals surface area contributed by atoms with Crippen molar-refractivity contribution < 1.29 is 9.59 Å². The van der Waals surface area contributed by atoms with Crippen LogP contribution in [-0.2, 0) is 29.1 Å². The molecule has 1 saturated heterocycles. The van der Waals surface area contributed by atoms with E-state index < -0.39 is 0 Å². The quantitative estimate of drug-likeness (QED) is 0.626. The van der Waals surface area contributed by atoms with Crippen LogP contribution >= 0.6 is 11.3 Å². The minimum atomic E-state index is -0.369.